The van der Waals surface area contributed by atoms with E-state index < -0.39 is 65.7 Å². The van der Waals surface area contributed by atoms with E-state index >= 15 is 0 Å². The lowest BCUT2D eigenvalue weighted by molar-refractivity contribution is -0.198. The van der Waals surface area contributed by atoms with E-state index in [2.05, 4.69) is 9.71 Å². The first-order valence-corrected chi connectivity index (χ1v) is 29.2. The van der Waals surface area contributed by atoms with Gasteiger partial charge in [-0.15, -0.1) is 5.06 Å². The highest BCUT2D eigenvalue weighted by Gasteiger charge is 2.46. The van der Waals surface area contributed by atoms with Crippen LogP contribution in [0, 0.1) is 5.92 Å². The van der Waals surface area contributed by atoms with Gasteiger partial charge >= 0.3 is 11.9 Å². The second-order valence-electron chi connectivity index (χ2n) is 20.3. The van der Waals surface area contributed by atoms with Gasteiger partial charge in [0.15, 0.2) is 16.4 Å². The number of amides is 2. The summed E-state index contributed by atoms with van der Waals surface area (Å²) in [6.45, 7) is 15.9. The van der Waals surface area contributed by atoms with Crippen LogP contribution in [0.15, 0.2) is 51.2 Å². The summed E-state index contributed by atoms with van der Waals surface area (Å²) in [5.74, 6) is -3.67. The van der Waals surface area contributed by atoms with Crippen LogP contribution < -0.4 is 20.0 Å². The third kappa shape index (κ3) is 14.6. The molecule has 3 aliphatic heterocycles. The number of carboxylic acids is 1. The van der Waals surface area contributed by atoms with Gasteiger partial charge in [-0.05, 0) is 65.1 Å². The number of carbonyl (C=O) groups excluding carboxylic acids is 3. The molecule has 25 heteroatoms. The largest absolute Gasteiger partial charge is 0.478 e. The van der Waals surface area contributed by atoms with Crippen molar-refractivity contribution in [2.75, 3.05) is 112 Å². The molecule has 4 aliphatic rings. The summed E-state index contributed by atoms with van der Waals surface area (Å²) >= 11 is 0. The van der Waals surface area contributed by atoms with Crippen LogP contribution in [0.2, 0.25) is 0 Å². The van der Waals surface area contributed by atoms with Crippen molar-refractivity contribution in [2.24, 2.45) is 10.9 Å². The molecule has 2 atom stereocenters. The number of carboxylic acid groups (broad SMARTS) is 1. The predicted molar refractivity (Wildman–Crippen MR) is 280 cm³/mol. The number of fused-ring (bicyclic) bond motifs is 4. The van der Waals surface area contributed by atoms with Gasteiger partial charge in [-0.1, -0.05) is 52.8 Å². The Morgan fingerprint density at radius 1 is 0.684 bits per heavy atom. The van der Waals surface area contributed by atoms with Gasteiger partial charge in [-0.25, -0.2) is 22.7 Å². The molecule has 2 unspecified atom stereocenters. The summed E-state index contributed by atoms with van der Waals surface area (Å²) in [4.78, 5) is 56.2. The normalized spacial score (nSPS) is 18.0. The van der Waals surface area contributed by atoms with E-state index in [9.17, 15) is 45.7 Å². The molecule has 1 aliphatic carbocycles. The highest BCUT2D eigenvalue weighted by molar-refractivity contribution is 7.89. The number of ether oxygens (including phenoxy) is 9. The molecular weight excluding hydrogens is 1070 g/mol. The van der Waals surface area contributed by atoms with Gasteiger partial charge in [0.05, 0.1) is 129 Å². The molecule has 3 N–H and O–H groups in total. The lowest BCUT2D eigenvalue weighted by Crippen LogP contribution is -2.34. The smallest absolute Gasteiger partial charge is 0.336 e. The van der Waals surface area contributed by atoms with E-state index in [1.165, 1.54) is 6.07 Å². The van der Waals surface area contributed by atoms with E-state index in [1.54, 1.807) is 24.3 Å². The Balaban J connectivity index is 0.819. The lowest BCUT2D eigenvalue weighted by Gasteiger charge is -2.30. The highest BCUT2D eigenvalue weighted by atomic mass is 32.2. The number of hydrogen-bond donors (Lipinski definition) is 3. The van der Waals surface area contributed by atoms with Crippen LogP contribution in [0.25, 0.3) is 5.57 Å². The Hall–Kier alpha value is -5.29. The molecule has 1 fully saturated rings. The average Bonchev–Trinajstić information content (AvgIpc) is 4.20. The molecular formula is C54H71N3O20S2. The number of hydroxylamine groups is 2. The summed E-state index contributed by atoms with van der Waals surface area (Å²) in [6.07, 6.45) is 0.293. The maximum absolute atomic E-state index is 14.8. The first-order chi connectivity index (χ1) is 37.6. The van der Waals surface area contributed by atoms with Gasteiger partial charge in [0.25, 0.3) is 21.9 Å². The van der Waals surface area contributed by atoms with Crippen LogP contribution in [0.5, 0.6) is 11.5 Å². The zero-order valence-electron chi connectivity index (χ0n) is 45.4. The van der Waals surface area contributed by atoms with Gasteiger partial charge in [0, 0.05) is 41.2 Å². The van der Waals surface area contributed by atoms with E-state index in [1.807, 2.05) is 47.6 Å². The average molecular weight is 1150 g/mol. The number of hydrogen-bond acceptors (Lipinski definition) is 19. The first kappa shape index (κ1) is 61.3. The van der Waals surface area contributed by atoms with Crippen LogP contribution in [-0.4, -0.2) is 174 Å². The SMILES string of the molecule is CC1Cc2c(cc3c(c2S(=O)(=O)NCCOCCOCCOCCOCCOCCOCCOCCOCCC(=O)ON2C(=O)CCC2=O)Oc2c(S(=O)(=O)O)c4c(cc2=C3c2ccccc2C(=O)O)C(C)(C)C(C)N=4)C1(C)C. The summed E-state index contributed by atoms with van der Waals surface area (Å²) in [6, 6.07) is 9.33. The molecule has 0 saturated carbocycles. The number of sulfonamides is 1. The number of imide groups is 1. The zero-order valence-corrected chi connectivity index (χ0v) is 47.1. The van der Waals surface area contributed by atoms with Crippen LogP contribution >= 0.6 is 0 Å². The predicted octanol–water partition coefficient (Wildman–Crippen LogP) is 3.16. The fourth-order valence-electron chi connectivity index (χ4n) is 9.56. The van der Waals surface area contributed by atoms with E-state index in [-0.39, 0.29) is 121 Å². The maximum Gasteiger partial charge on any atom is 0.336 e. The van der Waals surface area contributed by atoms with E-state index in [4.69, 9.17) is 47.5 Å². The molecule has 23 nitrogen and oxygen atoms in total. The molecule has 0 aromatic heterocycles. The molecule has 3 aromatic carbocycles. The van der Waals surface area contributed by atoms with E-state index in [0.29, 0.717) is 94.2 Å². The van der Waals surface area contributed by atoms with Gasteiger partial charge in [0.1, 0.15) is 4.90 Å². The Morgan fingerprint density at radius 2 is 1.19 bits per heavy atom. The third-order valence-electron chi connectivity index (χ3n) is 14.5. The molecule has 2 amide bonds. The van der Waals surface area contributed by atoms with Crippen molar-refractivity contribution in [1.82, 2.24) is 9.79 Å². The minimum Gasteiger partial charge on any atom is -0.478 e. The van der Waals surface area contributed by atoms with Gasteiger partial charge in [-0.2, -0.15) is 8.42 Å². The molecule has 0 spiro atoms. The van der Waals surface area contributed by atoms with Crippen molar-refractivity contribution in [3.8, 4) is 11.5 Å². The first-order valence-electron chi connectivity index (χ1n) is 26.2. The molecule has 3 aromatic rings. The van der Waals surface area contributed by atoms with Gasteiger partial charge in [0.2, 0.25) is 10.0 Å². The summed E-state index contributed by atoms with van der Waals surface area (Å²) < 4.78 is 121. The Labute approximate surface area is 459 Å². The second-order valence-corrected chi connectivity index (χ2v) is 23.4. The van der Waals surface area contributed by atoms with Crippen molar-refractivity contribution < 1.29 is 93.1 Å². The minimum atomic E-state index is -5.09. The standard InChI is InChI=1S/C54H71N3O20S2/c1-34-31-38-41(53(34,3)4)32-39-46(36-9-7-8-10-37(36)52(61)62)40-33-42-47(56-35(2)54(42,5)6)51(79(65,66)67)49(40)76-48(39)50(38)78(63,64)55-14-16-69-18-20-71-22-24-73-26-28-75-30-29-74-27-25-72-23-21-70-19-17-68-15-13-45(60)77-57-43(58)11-12-44(57)59/h7-10,32-35,55H,11-31H2,1-6H3,(H,61,62)(H,65,66,67). The van der Waals surface area contributed by atoms with Crippen molar-refractivity contribution >= 4 is 49.5 Å². The van der Waals surface area contributed by atoms with Crippen LogP contribution in [-0.2, 0) is 94.5 Å². The quantitative estimate of drug-likeness (QED) is 0.0351. The van der Waals surface area contributed by atoms with Gasteiger partial charge in [-0.3, -0.25) is 19.1 Å². The van der Waals surface area contributed by atoms with Crippen LogP contribution in [0.1, 0.15) is 99.0 Å². The summed E-state index contributed by atoms with van der Waals surface area (Å²) in [5, 5.41) is 11.2. The summed E-state index contributed by atoms with van der Waals surface area (Å²) in [5.41, 5.74) is 0.972. The molecule has 7 rings (SSSR count). The molecule has 0 bridgehead atoms. The zero-order chi connectivity index (χ0) is 57.1. The highest BCUT2D eigenvalue weighted by Crippen LogP contribution is 2.53. The van der Waals surface area contributed by atoms with Crippen LogP contribution in [0.3, 0.4) is 0 Å². The molecule has 1 saturated heterocycles. The molecule has 3 heterocycles. The van der Waals surface area contributed by atoms with Crippen LogP contribution in [0.4, 0.5) is 0 Å². The third-order valence-corrected chi connectivity index (χ3v) is 17.0. The fourth-order valence-corrected chi connectivity index (χ4v) is 11.8. The van der Waals surface area contributed by atoms with Crippen molar-refractivity contribution in [2.45, 2.75) is 93.9 Å². The monoisotopic (exact) mass is 1150 g/mol. The fraction of sp³-hybridized carbons (Fsp3) is 0.574. The van der Waals surface area contributed by atoms with Crippen molar-refractivity contribution in [3.63, 3.8) is 0 Å². The Morgan fingerprint density at radius 3 is 1.71 bits per heavy atom. The number of rotatable bonds is 33. The molecule has 79 heavy (non-hydrogen) atoms. The van der Waals surface area contributed by atoms with E-state index in [0.717, 1.165) is 0 Å². The topological polar surface area (TPSA) is 297 Å². The van der Waals surface area contributed by atoms with Crippen molar-refractivity contribution in [1.29, 1.82) is 0 Å². The molecule has 0 radical (unpaired) electrons. The number of nitrogens with zero attached hydrogens (tertiary/aromatic N) is 2. The molecule has 434 valence electrons. The lowest BCUT2D eigenvalue weighted by atomic mass is 9.77. The number of carbonyl (C=O) groups is 4. The maximum atomic E-state index is 14.8. The number of nitrogens with one attached hydrogen (secondary N) is 1. The number of benzene rings is 3. The summed E-state index contributed by atoms with van der Waals surface area (Å²) in [7, 11) is -9.56. The Bertz CT molecular complexity index is 3070. The number of aromatic carboxylic acids is 1. The Kier molecular flexibility index (Phi) is 21.0. The minimum absolute atomic E-state index is 0.00915. The second kappa shape index (κ2) is 27.0. The van der Waals surface area contributed by atoms with Gasteiger partial charge < -0.3 is 52.6 Å². The van der Waals surface area contributed by atoms with Crippen molar-refractivity contribution in [3.05, 3.63) is 80.4 Å².